The van der Waals surface area contributed by atoms with Gasteiger partial charge in [0.1, 0.15) is 9.84 Å². The summed E-state index contributed by atoms with van der Waals surface area (Å²) in [6.07, 6.45) is 1.05. The fourth-order valence-corrected chi connectivity index (χ4v) is 2.51. The number of sulfone groups is 1. The lowest BCUT2D eigenvalue weighted by molar-refractivity contribution is 0.121. The summed E-state index contributed by atoms with van der Waals surface area (Å²) in [5, 5.41) is 8.42. The third-order valence-corrected chi connectivity index (χ3v) is 3.45. The van der Waals surface area contributed by atoms with Crippen LogP contribution in [0.5, 0.6) is 0 Å². The van der Waals surface area contributed by atoms with Gasteiger partial charge in [0.25, 0.3) is 0 Å². The SMILES string of the molecule is O=S1(=O)CCC(NO)CC1. The summed E-state index contributed by atoms with van der Waals surface area (Å²) < 4.78 is 21.6. The Morgan fingerprint density at radius 3 is 2.20 bits per heavy atom. The van der Waals surface area contributed by atoms with Crippen molar-refractivity contribution >= 4 is 9.84 Å². The summed E-state index contributed by atoms with van der Waals surface area (Å²) in [7, 11) is -2.78. The first-order valence-electron chi connectivity index (χ1n) is 3.24. The van der Waals surface area contributed by atoms with Gasteiger partial charge in [-0.3, -0.25) is 0 Å². The maximum atomic E-state index is 10.8. The van der Waals surface area contributed by atoms with Gasteiger partial charge in [-0.15, -0.1) is 0 Å². The third-order valence-electron chi connectivity index (χ3n) is 1.74. The molecular weight excluding hydrogens is 154 g/mol. The smallest absolute Gasteiger partial charge is 0.150 e. The molecular formula is C5H11NO3S. The summed E-state index contributed by atoms with van der Waals surface area (Å²) in [6.45, 7) is 0. The Morgan fingerprint density at radius 1 is 1.30 bits per heavy atom. The van der Waals surface area contributed by atoms with E-state index in [0.717, 1.165) is 0 Å². The number of hydrogen-bond acceptors (Lipinski definition) is 4. The Morgan fingerprint density at radius 2 is 1.80 bits per heavy atom. The van der Waals surface area contributed by atoms with E-state index in [-0.39, 0.29) is 17.5 Å². The Hall–Kier alpha value is -0.130. The molecule has 0 aromatic rings. The summed E-state index contributed by atoms with van der Waals surface area (Å²) in [4.78, 5) is 0. The minimum absolute atomic E-state index is 0.0245. The Bertz CT molecular complexity index is 185. The van der Waals surface area contributed by atoms with Crippen molar-refractivity contribution in [1.29, 1.82) is 0 Å². The molecule has 0 bridgehead atoms. The van der Waals surface area contributed by atoms with Gasteiger partial charge in [0.2, 0.25) is 0 Å². The first kappa shape index (κ1) is 7.97. The Labute approximate surface area is 60.1 Å². The van der Waals surface area contributed by atoms with Crippen molar-refractivity contribution in [2.24, 2.45) is 0 Å². The van der Waals surface area contributed by atoms with Crippen LogP contribution in [-0.4, -0.2) is 31.2 Å². The van der Waals surface area contributed by atoms with Crippen LogP contribution in [0.25, 0.3) is 0 Å². The highest BCUT2D eigenvalue weighted by atomic mass is 32.2. The van der Waals surface area contributed by atoms with Crippen molar-refractivity contribution in [2.45, 2.75) is 18.9 Å². The summed E-state index contributed by atoms with van der Waals surface area (Å²) in [5.74, 6) is 0.399. The van der Waals surface area contributed by atoms with Crippen molar-refractivity contribution in [3.05, 3.63) is 0 Å². The maximum Gasteiger partial charge on any atom is 0.150 e. The number of hydroxylamine groups is 1. The van der Waals surface area contributed by atoms with E-state index in [4.69, 9.17) is 5.21 Å². The molecule has 0 unspecified atom stereocenters. The van der Waals surface area contributed by atoms with Crippen LogP contribution in [0, 0.1) is 0 Å². The number of rotatable bonds is 1. The topological polar surface area (TPSA) is 66.4 Å². The molecule has 5 heteroatoms. The third kappa shape index (κ3) is 1.93. The van der Waals surface area contributed by atoms with Crippen molar-refractivity contribution < 1.29 is 13.6 Å². The van der Waals surface area contributed by atoms with Crippen LogP contribution in [0.1, 0.15) is 12.8 Å². The molecule has 2 N–H and O–H groups in total. The lowest BCUT2D eigenvalue weighted by Gasteiger charge is -2.19. The highest BCUT2D eigenvalue weighted by Crippen LogP contribution is 2.10. The lowest BCUT2D eigenvalue weighted by atomic mass is 10.2. The number of nitrogens with one attached hydrogen (secondary N) is 1. The van der Waals surface area contributed by atoms with Gasteiger partial charge >= 0.3 is 0 Å². The summed E-state index contributed by atoms with van der Waals surface area (Å²) >= 11 is 0. The fraction of sp³-hybridized carbons (Fsp3) is 1.00. The van der Waals surface area contributed by atoms with Gasteiger partial charge in [0.05, 0.1) is 11.5 Å². The lowest BCUT2D eigenvalue weighted by Crippen LogP contribution is -2.35. The molecule has 0 saturated carbocycles. The normalized spacial score (nSPS) is 26.5. The highest BCUT2D eigenvalue weighted by Gasteiger charge is 2.22. The molecule has 1 aliphatic rings. The van der Waals surface area contributed by atoms with Gasteiger partial charge in [-0.25, -0.2) is 13.9 Å². The Kier molecular flexibility index (Phi) is 2.28. The second-order valence-corrected chi connectivity index (χ2v) is 4.86. The summed E-state index contributed by atoms with van der Waals surface area (Å²) in [5.41, 5.74) is 2.08. The van der Waals surface area contributed by atoms with E-state index in [1.54, 1.807) is 0 Å². The molecule has 0 radical (unpaired) electrons. The van der Waals surface area contributed by atoms with Crippen LogP contribution in [0.2, 0.25) is 0 Å². The Balaban J connectivity index is 2.46. The molecule has 60 valence electrons. The zero-order valence-corrected chi connectivity index (χ0v) is 6.39. The molecule has 1 fully saturated rings. The second-order valence-electron chi connectivity index (χ2n) is 2.56. The van der Waals surface area contributed by atoms with Crippen LogP contribution < -0.4 is 5.48 Å². The molecule has 0 aliphatic carbocycles. The standard InChI is InChI=1S/C5H11NO3S/c7-6-5-1-3-10(8,9)4-2-5/h5-7H,1-4H2. The monoisotopic (exact) mass is 165 g/mol. The van der Waals surface area contributed by atoms with E-state index < -0.39 is 9.84 Å². The van der Waals surface area contributed by atoms with Gasteiger partial charge in [-0.2, -0.15) is 0 Å². The van der Waals surface area contributed by atoms with E-state index in [0.29, 0.717) is 12.8 Å². The zero-order valence-electron chi connectivity index (χ0n) is 5.58. The van der Waals surface area contributed by atoms with E-state index in [1.165, 1.54) is 0 Å². The molecule has 0 spiro atoms. The van der Waals surface area contributed by atoms with Gasteiger partial charge in [0.15, 0.2) is 0 Å². The molecule has 1 rings (SSSR count). The molecule has 1 saturated heterocycles. The molecule has 4 nitrogen and oxygen atoms in total. The van der Waals surface area contributed by atoms with Crippen LogP contribution in [0.3, 0.4) is 0 Å². The quantitative estimate of drug-likeness (QED) is 0.516. The number of hydrogen-bond donors (Lipinski definition) is 2. The first-order chi connectivity index (χ1) is 4.64. The molecule has 1 aliphatic heterocycles. The van der Waals surface area contributed by atoms with Gasteiger partial charge < -0.3 is 5.21 Å². The van der Waals surface area contributed by atoms with Crippen LogP contribution in [0.15, 0.2) is 0 Å². The molecule has 1 heterocycles. The molecule has 0 aromatic heterocycles. The second kappa shape index (κ2) is 2.86. The predicted molar refractivity (Wildman–Crippen MR) is 36.6 cm³/mol. The van der Waals surface area contributed by atoms with Crippen LogP contribution >= 0.6 is 0 Å². The van der Waals surface area contributed by atoms with Crippen molar-refractivity contribution in [3.8, 4) is 0 Å². The molecule has 0 aromatic carbocycles. The van der Waals surface area contributed by atoms with Crippen molar-refractivity contribution in [1.82, 2.24) is 5.48 Å². The molecule has 0 atom stereocenters. The van der Waals surface area contributed by atoms with E-state index in [1.807, 2.05) is 0 Å². The fourth-order valence-electron chi connectivity index (χ4n) is 1.02. The van der Waals surface area contributed by atoms with E-state index >= 15 is 0 Å². The highest BCUT2D eigenvalue weighted by molar-refractivity contribution is 7.91. The van der Waals surface area contributed by atoms with Crippen molar-refractivity contribution in [2.75, 3.05) is 11.5 Å². The van der Waals surface area contributed by atoms with E-state index in [9.17, 15) is 8.42 Å². The minimum atomic E-state index is -2.78. The zero-order chi connectivity index (χ0) is 7.61. The average Bonchev–Trinajstić information content (AvgIpc) is 1.88. The molecule has 10 heavy (non-hydrogen) atoms. The van der Waals surface area contributed by atoms with Gasteiger partial charge in [-0.05, 0) is 12.8 Å². The predicted octanol–water partition coefficient (Wildman–Crippen LogP) is -0.458. The van der Waals surface area contributed by atoms with Crippen LogP contribution in [0.4, 0.5) is 0 Å². The van der Waals surface area contributed by atoms with Crippen LogP contribution in [-0.2, 0) is 9.84 Å². The minimum Gasteiger partial charge on any atom is -0.317 e. The average molecular weight is 165 g/mol. The summed E-state index contributed by atoms with van der Waals surface area (Å²) in [6, 6.07) is -0.0245. The first-order valence-corrected chi connectivity index (χ1v) is 5.06. The van der Waals surface area contributed by atoms with Crippen molar-refractivity contribution in [3.63, 3.8) is 0 Å². The van der Waals surface area contributed by atoms with Gasteiger partial charge in [-0.1, -0.05) is 0 Å². The molecule has 0 amide bonds. The maximum absolute atomic E-state index is 10.8. The van der Waals surface area contributed by atoms with Gasteiger partial charge in [0, 0.05) is 6.04 Å². The van der Waals surface area contributed by atoms with E-state index in [2.05, 4.69) is 5.48 Å². The largest absolute Gasteiger partial charge is 0.317 e.